The second-order valence-electron chi connectivity index (χ2n) is 7.68. The summed E-state index contributed by atoms with van der Waals surface area (Å²) in [5.74, 6) is 0.591. The number of nitrogens with zero attached hydrogens (tertiary/aromatic N) is 5. The van der Waals surface area contributed by atoms with Crippen molar-refractivity contribution in [3.8, 4) is 6.07 Å². The highest BCUT2D eigenvalue weighted by molar-refractivity contribution is 5.85. The van der Waals surface area contributed by atoms with Crippen molar-refractivity contribution in [3.63, 3.8) is 0 Å². The van der Waals surface area contributed by atoms with Crippen LogP contribution in [0.15, 0.2) is 96.7 Å². The number of benzene rings is 2. The number of anilines is 3. The van der Waals surface area contributed by atoms with Crippen LogP contribution >= 0.6 is 0 Å². The van der Waals surface area contributed by atoms with Crippen LogP contribution in [0.25, 0.3) is 5.57 Å². The summed E-state index contributed by atoms with van der Waals surface area (Å²) in [5.41, 5.74) is 6.91. The molecule has 0 saturated heterocycles. The monoisotopic (exact) mass is 418 g/mol. The summed E-state index contributed by atoms with van der Waals surface area (Å²) in [6, 6.07) is 21.0. The summed E-state index contributed by atoms with van der Waals surface area (Å²) in [6.07, 6.45) is 9.08. The summed E-state index contributed by atoms with van der Waals surface area (Å²) in [6.45, 7) is 4.33. The Morgan fingerprint density at radius 3 is 2.41 bits per heavy atom. The Morgan fingerprint density at radius 2 is 1.69 bits per heavy atom. The standard InChI is InChI=1S/C26H22N6/c1-18(23-14-21(12-13-28-23)26-29-16-20(15-27)17-30-26)31-19(2)32(22-8-4-3-5-9-22)25-11-7-6-10-24(25)31/h3-14,16-17,19,28H,1-2H3/b23-18-/t19-/m1/s1. The molecule has 0 radical (unpaired) electrons. The fourth-order valence-corrected chi connectivity index (χ4v) is 4.27. The smallest absolute Gasteiger partial charge is 0.159 e. The van der Waals surface area contributed by atoms with Crippen molar-refractivity contribution < 1.29 is 0 Å². The quantitative estimate of drug-likeness (QED) is 0.639. The van der Waals surface area contributed by atoms with Crippen LogP contribution in [0.3, 0.4) is 0 Å². The Labute approximate surface area is 187 Å². The van der Waals surface area contributed by atoms with Crippen LogP contribution in [0.1, 0.15) is 25.2 Å². The molecule has 156 valence electrons. The van der Waals surface area contributed by atoms with Crippen LogP contribution in [0.5, 0.6) is 0 Å². The van der Waals surface area contributed by atoms with Gasteiger partial charge >= 0.3 is 0 Å². The van der Waals surface area contributed by atoms with E-state index >= 15 is 0 Å². The van der Waals surface area contributed by atoms with Crippen molar-refractivity contribution >= 4 is 22.6 Å². The second kappa shape index (κ2) is 8.05. The number of fused-ring (bicyclic) bond motifs is 1. The minimum Gasteiger partial charge on any atom is -0.360 e. The molecular weight excluding hydrogens is 396 g/mol. The Hall–Kier alpha value is -4.37. The maximum Gasteiger partial charge on any atom is 0.159 e. The molecule has 6 heteroatoms. The maximum absolute atomic E-state index is 9.00. The highest BCUT2D eigenvalue weighted by Crippen LogP contribution is 2.45. The minimum absolute atomic E-state index is 0.0954. The van der Waals surface area contributed by atoms with E-state index in [-0.39, 0.29) is 6.17 Å². The molecule has 0 fully saturated rings. The average Bonchev–Trinajstić information content (AvgIpc) is 3.16. The molecule has 2 aliphatic heterocycles. The van der Waals surface area contributed by atoms with Crippen molar-refractivity contribution in [1.82, 2.24) is 15.3 Å². The van der Waals surface area contributed by atoms with Gasteiger partial charge in [-0.05, 0) is 50.3 Å². The molecule has 0 bridgehead atoms. The van der Waals surface area contributed by atoms with Gasteiger partial charge in [0.05, 0.1) is 22.6 Å². The van der Waals surface area contributed by atoms with Gasteiger partial charge in [-0.25, -0.2) is 9.97 Å². The van der Waals surface area contributed by atoms with Gasteiger partial charge in [-0.3, -0.25) is 0 Å². The number of dihydropyridines is 1. The van der Waals surface area contributed by atoms with Crippen LogP contribution in [0.2, 0.25) is 0 Å². The Bertz CT molecular complexity index is 1280. The summed E-state index contributed by atoms with van der Waals surface area (Å²) >= 11 is 0. The number of nitrogens with one attached hydrogen (secondary N) is 1. The molecule has 0 amide bonds. The number of para-hydroxylation sites is 3. The van der Waals surface area contributed by atoms with E-state index in [9.17, 15) is 0 Å². The van der Waals surface area contributed by atoms with Gasteiger partial charge in [0.1, 0.15) is 12.2 Å². The molecule has 5 rings (SSSR count). The van der Waals surface area contributed by atoms with Crippen LogP contribution in [-0.2, 0) is 0 Å². The van der Waals surface area contributed by atoms with Crippen molar-refractivity contribution in [2.45, 2.75) is 20.0 Å². The maximum atomic E-state index is 9.00. The number of hydrogen-bond acceptors (Lipinski definition) is 6. The third-order valence-corrected chi connectivity index (χ3v) is 5.77. The fraction of sp³-hybridized carbons (Fsp3) is 0.115. The molecular formula is C26H22N6. The molecule has 1 N–H and O–H groups in total. The zero-order chi connectivity index (χ0) is 22.1. The summed E-state index contributed by atoms with van der Waals surface area (Å²) in [5, 5.41) is 12.4. The molecule has 3 aromatic rings. The van der Waals surface area contributed by atoms with Gasteiger partial charge in [0.25, 0.3) is 0 Å². The second-order valence-corrected chi connectivity index (χ2v) is 7.68. The van der Waals surface area contributed by atoms with E-state index in [2.05, 4.69) is 99.6 Å². The minimum atomic E-state index is 0.0954. The zero-order valence-corrected chi connectivity index (χ0v) is 17.9. The molecule has 2 aromatic carbocycles. The molecule has 3 heterocycles. The molecule has 2 aliphatic rings. The van der Waals surface area contributed by atoms with Crippen LogP contribution in [0, 0.1) is 11.3 Å². The first-order valence-electron chi connectivity index (χ1n) is 10.5. The Balaban J connectivity index is 1.55. The lowest BCUT2D eigenvalue weighted by atomic mass is 10.1. The van der Waals surface area contributed by atoms with Gasteiger partial charge in [0.15, 0.2) is 5.82 Å². The highest BCUT2D eigenvalue weighted by Gasteiger charge is 2.35. The van der Waals surface area contributed by atoms with E-state index in [0.717, 1.165) is 28.3 Å². The molecule has 32 heavy (non-hydrogen) atoms. The molecule has 0 unspecified atom stereocenters. The molecule has 0 aliphatic carbocycles. The van der Waals surface area contributed by atoms with E-state index in [1.807, 2.05) is 18.3 Å². The van der Waals surface area contributed by atoms with E-state index in [1.165, 1.54) is 5.69 Å². The van der Waals surface area contributed by atoms with E-state index in [4.69, 9.17) is 5.26 Å². The van der Waals surface area contributed by atoms with Crippen LogP contribution < -0.4 is 15.1 Å². The number of allylic oxidation sites excluding steroid dienone is 4. The van der Waals surface area contributed by atoms with Crippen LogP contribution in [0.4, 0.5) is 17.1 Å². The number of nitriles is 1. The highest BCUT2D eigenvalue weighted by atomic mass is 15.4. The number of hydrogen-bond donors (Lipinski definition) is 1. The van der Waals surface area contributed by atoms with Gasteiger partial charge in [0, 0.05) is 35.6 Å². The summed E-state index contributed by atoms with van der Waals surface area (Å²) in [7, 11) is 0. The van der Waals surface area contributed by atoms with E-state index in [1.54, 1.807) is 12.4 Å². The molecule has 1 atom stereocenters. The molecule has 1 aromatic heterocycles. The predicted molar refractivity (Wildman–Crippen MR) is 127 cm³/mol. The largest absolute Gasteiger partial charge is 0.360 e. The van der Waals surface area contributed by atoms with E-state index in [0.29, 0.717) is 11.4 Å². The first-order valence-corrected chi connectivity index (χ1v) is 10.5. The van der Waals surface area contributed by atoms with Gasteiger partial charge in [0.2, 0.25) is 0 Å². The topological polar surface area (TPSA) is 68.1 Å². The average molecular weight is 419 g/mol. The van der Waals surface area contributed by atoms with E-state index < -0.39 is 0 Å². The first-order chi connectivity index (χ1) is 15.7. The lowest BCUT2D eigenvalue weighted by Crippen LogP contribution is -2.38. The summed E-state index contributed by atoms with van der Waals surface area (Å²) in [4.78, 5) is 13.4. The molecule has 0 spiro atoms. The van der Waals surface area contributed by atoms with Crippen molar-refractivity contribution in [2.24, 2.45) is 0 Å². The van der Waals surface area contributed by atoms with Gasteiger partial charge in [-0.2, -0.15) is 5.26 Å². The molecule has 6 nitrogen and oxygen atoms in total. The predicted octanol–water partition coefficient (Wildman–Crippen LogP) is 5.08. The third kappa shape index (κ3) is 3.30. The van der Waals surface area contributed by atoms with Gasteiger partial charge < -0.3 is 15.1 Å². The van der Waals surface area contributed by atoms with Gasteiger partial charge in [-0.1, -0.05) is 30.3 Å². The van der Waals surface area contributed by atoms with Crippen LogP contribution in [-0.4, -0.2) is 16.1 Å². The van der Waals surface area contributed by atoms with Gasteiger partial charge in [-0.15, -0.1) is 0 Å². The first kappa shape index (κ1) is 19.6. The van der Waals surface area contributed by atoms with Crippen molar-refractivity contribution in [1.29, 1.82) is 5.26 Å². The zero-order valence-electron chi connectivity index (χ0n) is 17.9. The third-order valence-electron chi connectivity index (χ3n) is 5.77. The lowest BCUT2D eigenvalue weighted by Gasteiger charge is -2.32. The number of aromatic nitrogens is 2. The fourth-order valence-electron chi connectivity index (χ4n) is 4.27. The number of rotatable bonds is 3. The molecule has 0 saturated carbocycles. The summed E-state index contributed by atoms with van der Waals surface area (Å²) < 4.78 is 0. The SMILES string of the molecule is C/C(=C1\C=C(c2ncc(C#N)cn2)C=CN1)N1c2ccccc2N(c2ccccc2)[C@@H]1C. The van der Waals surface area contributed by atoms with Crippen molar-refractivity contribution in [3.05, 3.63) is 108 Å². The normalized spacial score (nSPS) is 18.5. The Morgan fingerprint density at radius 1 is 1.00 bits per heavy atom. The lowest BCUT2D eigenvalue weighted by molar-refractivity contribution is 0.725. The Kier molecular flexibility index (Phi) is 4.92. The van der Waals surface area contributed by atoms with Crippen molar-refractivity contribution in [2.75, 3.05) is 9.80 Å².